The number of carbonyl (C=O) groups excluding carboxylic acids is 2. The molecule has 0 aliphatic carbocycles. The topological polar surface area (TPSA) is 46.6 Å². The zero-order valence-corrected chi connectivity index (χ0v) is 18.1. The molecule has 28 heavy (non-hydrogen) atoms. The van der Waals surface area contributed by atoms with Crippen molar-refractivity contribution in [2.24, 2.45) is 0 Å². The fourth-order valence-corrected chi connectivity index (χ4v) is 4.12. The van der Waals surface area contributed by atoms with Gasteiger partial charge in [-0.3, -0.25) is 14.5 Å². The minimum atomic E-state index is -0.291. The van der Waals surface area contributed by atoms with Crippen molar-refractivity contribution in [2.45, 2.75) is 26.5 Å². The van der Waals surface area contributed by atoms with Gasteiger partial charge in [-0.2, -0.15) is 0 Å². The predicted octanol–water partition coefficient (Wildman–Crippen LogP) is 6.67. The second-order valence-corrected chi connectivity index (χ2v) is 8.59. The number of thioether (sulfide) groups is 1. The largest absolute Gasteiger partial charge is 0.487 e. The number of rotatable bonds is 5. The molecular weight excluding hydrogens is 441 g/mol. The van der Waals surface area contributed by atoms with Crippen molar-refractivity contribution in [3.63, 3.8) is 0 Å². The molecule has 1 saturated heterocycles. The Morgan fingerprint density at radius 3 is 2.39 bits per heavy atom. The number of carbonyl (C=O) groups is 2. The number of hydrogen-bond acceptors (Lipinski definition) is 4. The number of nitrogens with zero attached hydrogens (tertiary/aromatic N) is 1. The summed E-state index contributed by atoms with van der Waals surface area (Å²) in [6, 6.07) is 10.3. The summed E-state index contributed by atoms with van der Waals surface area (Å²) in [5, 5.41) is 1.07. The summed E-state index contributed by atoms with van der Waals surface area (Å²) in [7, 11) is 0. The normalized spacial score (nSPS) is 15.8. The minimum absolute atomic E-state index is 0.181. The highest BCUT2D eigenvalue weighted by atomic mass is 35.5. The fraction of sp³-hybridized carbons (Fsp3) is 0.200. The van der Waals surface area contributed by atoms with Gasteiger partial charge in [0.2, 0.25) is 0 Å². The fourth-order valence-electron chi connectivity index (χ4n) is 2.59. The van der Waals surface area contributed by atoms with Crippen LogP contribution in [-0.4, -0.2) is 22.1 Å². The van der Waals surface area contributed by atoms with Gasteiger partial charge in [-0.1, -0.05) is 46.9 Å². The summed E-state index contributed by atoms with van der Waals surface area (Å²) in [5.41, 5.74) is 1.57. The first kappa shape index (κ1) is 21.1. The van der Waals surface area contributed by atoms with E-state index in [1.54, 1.807) is 50.3 Å². The molecule has 0 spiro atoms. The summed E-state index contributed by atoms with van der Waals surface area (Å²) in [5.74, 6) is 0.209. The van der Waals surface area contributed by atoms with Crippen molar-refractivity contribution in [3.05, 3.63) is 67.5 Å². The molecule has 1 aliphatic heterocycles. The molecule has 2 aromatic rings. The Kier molecular flexibility index (Phi) is 6.61. The average molecular weight is 457 g/mol. The molecule has 0 unspecified atom stereocenters. The Labute approximate surface area is 182 Å². The van der Waals surface area contributed by atoms with E-state index in [0.717, 1.165) is 17.3 Å². The lowest BCUT2D eigenvalue weighted by Crippen LogP contribution is -2.34. The molecule has 4 nitrogen and oxygen atoms in total. The molecule has 0 aromatic heterocycles. The van der Waals surface area contributed by atoms with Crippen molar-refractivity contribution in [3.8, 4) is 5.75 Å². The van der Waals surface area contributed by atoms with Crippen LogP contribution in [0.1, 0.15) is 25.0 Å². The van der Waals surface area contributed by atoms with Crippen LogP contribution in [0.15, 0.2) is 41.3 Å². The Hall–Kier alpha value is -1.66. The van der Waals surface area contributed by atoms with Crippen molar-refractivity contribution in [2.75, 3.05) is 0 Å². The number of amides is 2. The summed E-state index contributed by atoms with van der Waals surface area (Å²) >= 11 is 19.1. The summed E-state index contributed by atoms with van der Waals surface area (Å²) in [6.45, 7) is 3.88. The molecule has 0 bridgehead atoms. The van der Waals surface area contributed by atoms with Crippen molar-refractivity contribution in [1.82, 2.24) is 4.90 Å². The van der Waals surface area contributed by atoms with Crippen LogP contribution in [0.4, 0.5) is 4.79 Å². The van der Waals surface area contributed by atoms with Gasteiger partial charge in [0.25, 0.3) is 11.1 Å². The van der Waals surface area contributed by atoms with Crippen LogP contribution < -0.4 is 4.74 Å². The average Bonchev–Trinajstić information content (AvgIpc) is 2.90. The van der Waals surface area contributed by atoms with Crippen LogP contribution >= 0.6 is 46.6 Å². The zero-order valence-electron chi connectivity index (χ0n) is 15.0. The SMILES string of the molecule is CC(C)N1C(=O)S/C(=C\c2ccc(OCc3ccc(Cl)c(Cl)c3)c(Cl)c2)C1=O. The lowest BCUT2D eigenvalue weighted by molar-refractivity contribution is -0.123. The van der Waals surface area contributed by atoms with E-state index in [4.69, 9.17) is 39.5 Å². The van der Waals surface area contributed by atoms with Crippen molar-refractivity contribution in [1.29, 1.82) is 0 Å². The molecule has 0 radical (unpaired) electrons. The maximum Gasteiger partial charge on any atom is 0.293 e. The Morgan fingerprint density at radius 2 is 1.79 bits per heavy atom. The molecule has 0 atom stereocenters. The number of ether oxygens (including phenoxy) is 1. The number of halogens is 3. The zero-order chi connectivity index (χ0) is 20.4. The van der Waals surface area contributed by atoms with Gasteiger partial charge in [-0.15, -0.1) is 0 Å². The van der Waals surface area contributed by atoms with E-state index in [9.17, 15) is 9.59 Å². The molecule has 1 fully saturated rings. The molecule has 2 aromatic carbocycles. The van der Waals surface area contributed by atoms with E-state index in [0.29, 0.717) is 31.3 Å². The number of hydrogen-bond donors (Lipinski definition) is 0. The second-order valence-electron chi connectivity index (χ2n) is 6.37. The van der Waals surface area contributed by atoms with Crippen molar-refractivity contribution < 1.29 is 14.3 Å². The smallest absolute Gasteiger partial charge is 0.293 e. The summed E-state index contributed by atoms with van der Waals surface area (Å²) in [6.07, 6.45) is 1.65. The first-order valence-corrected chi connectivity index (χ1v) is 10.3. The maximum atomic E-state index is 12.4. The lowest BCUT2D eigenvalue weighted by atomic mass is 10.2. The highest BCUT2D eigenvalue weighted by molar-refractivity contribution is 8.18. The van der Waals surface area contributed by atoms with Crippen LogP contribution in [0.5, 0.6) is 5.75 Å². The van der Waals surface area contributed by atoms with Crippen LogP contribution in [0.3, 0.4) is 0 Å². The number of imide groups is 1. The third-order valence-corrected chi connectivity index (χ3v) is 5.89. The highest BCUT2D eigenvalue weighted by Gasteiger charge is 2.36. The summed E-state index contributed by atoms with van der Waals surface area (Å²) in [4.78, 5) is 26.0. The molecule has 2 amide bonds. The van der Waals surface area contributed by atoms with E-state index >= 15 is 0 Å². The van der Waals surface area contributed by atoms with Crippen LogP contribution in [0, 0.1) is 0 Å². The van der Waals surface area contributed by atoms with E-state index < -0.39 is 0 Å². The Balaban J connectivity index is 1.73. The Morgan fingerprint density at radius 1 is 1.04 bits per heavy atom. The predicted molar refractivity (Wildman–Crippen MR) is 115 cm³/mol. The molecule has 0 saturated carbocycles. The third-order valence-electron chi connectivity index (χ3n) is 3.97. The molecule has 146 valence electrons. The first-order valence-electron chi connectivity index (χ1n) is 8.39. The molecular formula is C20H16Cl3NO3S. The van der Waals surface area contributed by atoms with Crippen LogP contribution in [0.25, 0.3) is 6.08 Å². The van der Waals surface area contributed by atoms with E-state index in [1.165, 1.54) is 4.90 Å². The lowest BCUT2D eigenvalue weighted by Gasteiger charge is -2.16. The van der Waals surface area contributed by atoms with Gasteiger partial charge in [-0.05, 0) is 67.1 Å². The van der Waals surface area contributed by atoms with Gasteiger partial charge in [0.15, 0.2) is 0 Å². The molecule has 1 heterocycles. The van der Waals surface area contributed by atoms with E-state index in [2.05, 4.69) is 0 Å². The minimum Gasteiger partial charge on any atom is -0.487 e. The molecule has 1 aliphatic rings. The highest BCUT2D eigenvalue weighted by Crippen LogP contribution is 2.35. The van der Waals surface area contributed by atoms with Gasteiger partial charge < -0.3 is 4.74 Å². The quantitative estimate of drug-likeness (QED) is 0.471. The monoisotopic (exact) mass is 455 g/mol. The molecule has 3 rings (SSSR count). The summed E-state index contributed by atoms with van der Waals surface area (Å²) < 4.78 is 5.74. The van der Waals surface area contributed by atoms with Gasteiger partial charge in [-0.25, -0.2) is 0 Å². The molecule has 0 N–H and O–H groups in total. The first-order chi connectivity index (χ1) is 13.3. The standard InChI is InChI=1S/C20H16Cl3NO3S/c1-11(2)24-19(25)18(28-20(24)26)9-12-4-6-17(16(23)7-12)27-10-13-3-5-14(21)15(22)8-13/h3-9,11H,10H2,1-2H3/b18-9-. The van der Waals surface area contributed by atoms with Gasteiger partial charge in [0.05, 0.1) is 20.0 Å². The third kappa shape index (κ3) is 4.66. The number of benzene rings is 2. The van der Waals surface area contributed by atoms with Crippen molar-refractivity contribution >= 4 is 63.8 Å². The molecule has 8 heteroatoms. The van der Waals surface area contributed by atoms with Gasteiger partial charge >= 0.3 is 0 Å². The van der Waals surface area contributed by atoms with Crippen LogP contribution in [0.2, 0.25) is 15.1 Å². The van der Waals surface area contributed by atoms with Gasteiger partial charge in [0.1, 0.15) is 12.4 Å². The second kappa shape index (κ2) is 8.78. The van der Waals surface area contributed by atoms with E-state index in [-0.39, 0.29) is 23.8 Å². The maximum absolute atomic E-state index is 12.4. The Bertz CT molecular complexity index is 975. The van der Waals surface area contributed by atoms with Gasteiger partial charge in [0, 0.05) is 6.04 Å². The van der Waals surface area contributed by atoms with E-state index in [1.807, 2.05) is 6.07 Å². The van der Waals surface area contributed by atoms with Crippen LogP contribution in [-0.2, 0) is 11.4 Å².